The maximum absolute atomic E-state index is 11.9. The molecule has 1 atom stereocenters. The molecule has 0 radical (unpaired) electrons. The van der Waals surface area contributed by atoms with Crippen molar-refractivity contribution in [3.8, 4) is 5.75 Å². The third-order valence-electron chi connectivity index (χ3n) is 3.33. The fourth-order valence-electron chi connectivity index (χ4n) is 2.20. The number of ether oxygens (including phenoxy) is 1. The Hall–Kier alpha value is -2.57. The molecule has 1 rings (SSSR count). The molecule has 0 heterocycles. The Kier molecular flexibility index (Phi) is 7.74. The average Bonchev–Trinajstić information content (AvgIpc) is 2.52. The Balaban J connectivity index is 2.48. The molecule has 0 bridgehead atoms. The van der Waals surface area contributed by atoms with Crippen LogP contribution in [0.2, 0.25) is 0 Å². The van der Waals surface area contributed by atoms with Crippen LogP contribution >= 0.6 is 0 Å². The van der Waals surface area contributed by atoms with Crippen LogP contribution in [0.15, 0.2) is 24.3 Å². The monoisotopic (exact) mass is 336 g/mol. The van der Waals surface area contributed by atoms with E-state index in [1.165, 1.54) is 7.11 Å². The predicted octanol–water partition coefficient (Wildman–Crippen LogP) is 0.969. The highest BCUT2D eigenvalue weighted by Gasteiger charge is 2.21. The molecule has 0 saturated heterocycles. The second-order valence-electron chi connectivity index (χ2n) is 5.85. The Morgan fingerprint density at radius 1 is 1.17 bits per heavy atom. The van der Waals surface area contributed by atoms with Gasteiger partial charge in [0.15, 0.2) is 0 Å². The molecule has 132 valence electrons. The number of methoxy groups -OCH3 is 1. The number of hydrogen-bond acceptors (Lipinski definition) is 4. The molecule has 0 fully saturated rings. The predicted molar refractivity (Wildman–Crippen MR) is 88.7 cm³/mol. The number of nitrogens with one attached hydrogen (secondary N) is 2. The van der Waals surface area contributed by atoms with Gasteiger partial charge in [-0.25, -0.2) is 4.79 Å². The van der Waals surface area contributed by atoms with E-state index in [1.807, 2.05) is 13.8 Å². The highest BCUT2D eigenvalue weighted by Crippen LogP contribution is 2.17. The lowest BCUT2D eigenvalue weighted by Crippen LogP contribution is -2.46. The van der Waals surface area contributed by atoms with Crippen molar-refractivity contribution in [2.24, 2.45) is 5.92 Å². The van der Waals surface area contributed by atoms with E-state index in [-0.39, 0.29) is 24.8 Å². The number of carbonyl (C=O) groups is 3. The van der Waals surface area contributed by atoms with Crippen molar-refractivity contribution in [1.29, 1.82) is 0 Å². The van der Waals surface area contributed by atoms with E-state index in [9.17, 15) is 14.4 Å². The summed E-state index contributed by atoms with van der Waals surface area (Å²) >= 11 is 0. The highest BCUT2D eigenvalue weighted by molar-refractivity contribution is 5.88. The van der Waals surface area contributed by atoms with E-state index in [4.69, 9.17) is 9.84 Å². The molecule has 0 aliphatic carbocycles. The molecular formula is C17H24N2O5. The number of carboxylic acid groups (broad SMARTS) is 1. The zero-order chi connectivity index (χ0) is 18.1. The summed E-state index contributed by atoms with van der Waals surface area (Å²) in [6.07, 6.45) is 0.405. The van der Waals surface area contributed by atoms with Crippen molar-refractivity contribution in [3.05, 3.63) is 29.8 Å². The number of rotatable bonds is 9. The summed E-state index contributed by atoms with van der Waals surface area (Å²) in [4.78, 5) is 34.8. The minimum atomic E-state index is -1.09. The van der Waals surface area contributed by atoms with E-state index >= 15 is 0 Å². The first-order valence-electron chi connectivity index (χ1n) is 7.74. The first-order valence-corrected chi connectivity index (χ1v) is 7.74. The van der Waals surface area contributed by atoms with Crippen LogP contribution in [0, 0.1) is 5.92 Å². The molecule has 7 heteroatoms. The molecule has 3 N–H and O–H groups in total. The quantitative estimate of drug-likeness (QED) is 0.623. The lowest BCUT2D eigenvalue weighted by atomic mass is 10.0. The van der Waals surface area contributed by atoms with Crippen molar-refractivity contribution in [2.75, 3.05) is 13.7 Å². The number of hydrogen-bond donors (Lipinski definition) is 3. The van der Waals surface area contributed by atoms with E-state index in [1.54, 1.807) is 24.3 Å². The van der Waals surface area contributed by atoms with Crippen LogP contribution in [0.5, 0.6) is 5.75 Å². The van der Waals surface area contributed by atoms with Gasteiger partial charge in [0, 0.05) is 5.56 Å². The van der Waals surface area contributed by atoms with Crippen LogP contribution in [0.25, 0.3) is 0 Å². The third-order valence-corrected chi connectivity index (χ3v) is 3.33. The summed E-state index contributed by atoms with van der Waals surface area (Å²) in [6, 6.07) is 6.15. The molecule has 2 amide bonds. The van der Waals surface area contributed by atoms with Gasteiger partial charge in [-0.3, -0.25) is 9.59 Å². The highest BCUT2D eigenvalue weighted by atomic mass is 16.5. The fraction of sp³-hybridized carbons (Fsp3) is 0.471. The van der Waals surface area contributed by atoms with E-state index in [0.717, 1.165) is 0 Å². The van der Waals surface area contributed by atoms with Gasteiger partial charge >= 0.3 is 5.97 Å². The maximum atomic E-state index is 11.9. The van der Waals surface area contributed by atoms with Gasteiger partial charge in [0.2, 0.25) is 11.8 Å². The zero-order valence-corrected chi connectivity index (χ0v) is 14.2. The minimum Gasteiger partial charge on any atom is -0.496 e. The second-order valence-corrected chi connectivity index (χ2v) is 5.85. The number of aliphatic carboxylic acids is 1. The Labute approximate surface area is 141 Å². The average molecular weight is 336 g/mol. The van der Waals surface area contributed by atoms with Crippen LogP contribution in [-0.4, -0.2) is 42.6 Å². The normalized spacial score (nSPS) is 11.7. The van der Waals surface area contributed by atoms with Gasteiger partial charge < -0.3 is 20.5 Å². The summed E-state index contributed by atoms with van der Waals surface area (Å²) in [5.74, 6) is -1.23. The van der Waals surface area contributed by atoms with Gasteiger partial charge in [-0.2, -0.15) is 0 Å². The summed E-state index contributed by atoms with van der Waals surface area (Å²) in [7, 11) is 1.52. The first-order chi connectivity index (χ1) is 11.3. The molecule has 0 unspecified atom stereocenters. The summed E-state index contributed by atoms with van der Waals surface area (Å²) in [6.45, 7) is 3.48. The first kappa shape index (κ1) is 19.5. The van der Waals surface area contributed by atoms with E-state index in [0.29, 0.717) is 17.7 Å². The molecule has 24 heavy (non-hydrogen) atoms. The largest absolute Gasteiger partial charge is 0.496 e. The molecule has 0 aliphatic rings. The van der Waals surface area contributed by atoms with Gasteiger partial charge in [0.1, 0.15) is 11.8 Å². The van der Waals surface area contributed by atoms with Gasteiger partial charge in [0.25, 0.3) is 0 Å². The number of amides is 2. The zero-order valence-electron chi connectivity index (χ0n) is 14.2. The topological polar surface area (TPSA) is 105 Å². The van der Waals surface area contributed by atoms with Crippen LogP contribution < -0.4 is 15.4 Å². The van der Waals surface area contributed by atoms with Crippen molar-refractivity contribution in [1.82, 2.24) is 10.6 Å². The van der Waals surface area contributed by atoms with Crippen LogP contribution in [0.3, 0.4) is 0 Å². The van der Waals surface area contributed by atoms with Gasteiger partial charge in [-0.05, 0) is 18.4 Å². The molecule has 0 aliphatic heterocycles. The Morgan fingerprint density at radius 3 is 2.42 bits per heavy atom. The lowest BCUT2D eigenvalue weighted by molar-refractivity contribution is -0.142. The number of para-hydroxylation sites is 1. The van der Waals surface area contributed by atoms with Gasteiger partial charge in [0.05, 0.1) is 20.1 Å². The maximum Gasteiger partial charge on any atom is 0.326 e. The minimum absolute atomic E-state index is 0.0750. The standard InChI is InChI=1S/C17H24N2O5/c1-11(2)8-13(17(22)23)19-16(21)10-18-15(20)9-12-6-4-5-7-14(12)24-3/h4-7,11,13H,8-10H2,1-3H3,(H,18,20)(H,19,21)(H,22,23)/t13-/m0/s1. The summed E-state index contributed by atoms with van der Waals surface area (Å²) in [5.41, 5.74) is 0.709. The molecular weight excluding hydrogens is 312 g/mol. The van der Waals surface area contributed by atoms with Crippen LogP contribution in [0.4, 0.5) is 0 Å². The summed E-state index contributed by atoms with van der Waals surface area (Å²) < 4.78 is 5.16. The smallest absolute Gasteiger partial charge is 0.326 e. The second kappa shape index (κ2) is 9.54. The lowest BCUT2D eigenvalue weighted by Gasteiger charge is -2.16. The molecule has 0 aromatic heterocycles. The van der Waals surface area contributed by atoms with E-state index in [2.05, 4.69) is 10.6 Å². The molecule has 1 aromatic rings. The van der Waals surface area contributed by atoms with Crippen LogP contribution in [-0.2, 0) is 20.8 Å². The third kappa shape index (κ3) is 6.68. The fourth-order valence-corrected chi connectivity index (χ4v) is 2.20. The van der Waals surface area contributed by atoms with Crippen molar-refractivity contribution < 1.29 is 24.2 Å². The van der Waals surface area contributed by atoms with Crippen molar-refractivity contribution >= 4 is 17.8 Å². The van der Waals surface area contributed by atoms with Crippen molar-refractivity contribution in [2.45, 2.75) is 32.7 Å². The van der Waals surface area contributed by atoms with Crippen molar-refractivity contribution in [3.63, 3.8) is 0 Å². The molecule has 0 saturated carbocycles. The number of benzene rings is 1. The SMILES string of the molecule is COc1ccccc1CC(=O)NCC(=O)N[C@@H](CC(C)C)C(=O)O. The summed E-state index contributed by atoms with van der Waals surface area (Å²) in [5, 5.41) is 14.0. The van der Waals surface area contributed by atoms with Gasteiger partial charge in [-0.15, -0.1) is 0 Å². The molecule has 1 aromatic carbocycles. The molecule has 7 nitrogen and oxygen atoms in total. The number of carbonyl (C=O) groups excluding carboxylic acids is 2. The Bertz CT molecular complexity index is 586. The van der Waals surface area contributed by atoms with E-state index < -0.39 is 17.9 Å². The molecule has 0 spiro atoms. The number of carboxylic acids is 1. The Morgan fingerprint density at radius 2 is 1.83 bits per heavy atom. The van der Waals surface area contributed by atoms with Crippen LogP contribution in [0.1, 0.15) is 25.8 Å². The van der Waals surface area contributed by atoms with Gasteiger partial charge in [-0.1, -0.05) is 32.0 Å².